The molecule has 7 heteroatoms. The minimum atomic E-state index is -0.410. The van der Waals surface area contributed by atoms with Gasteiger partial charge in [0.1, 0.15) is 5.65 Å². The lowest BCUT2D eigenvalue weighted by Gasteiger charge is -2.04. The molecule has 2 aromatic carbocycles. The molecule has 0 aliphatic rings. The van der Waals surface area contributed by atoms with E-state index in [0.29, 0.717) is 10.3 Å². The first kappa shape index (κ1) is 15.2. The molecule has 1 N–H and O–H groups in total. The Morgan fingerprint density at radius 2 is 1.84 bits per heavy atom. The van der Waals surface area contributed by atoms with Gasteiger partial charge in [-0.1, -0.05) is 42.5 Å². The zero-order valence-electron chi connectivity index (χ0n) is 12.9. The van der Waals surface area contributed by atoms with Crippen molar-refractivity contribution in [2.24, 2.45) is 0 Å². The van der Waals surface area contributed by atoms with Gasteiger partial charge in [0.15, 0.2) is 0 Å². The molecule has 122 valence electrons. The maximum absolute atomic E-state index is 11.1. The molecule has 0 radical (unpaired) electrons. The van der Waals surface area contributed by atoms with Crippen LogP contribution >= 0.6 is 12.2 Å². The summed E-state index contributed by atoms with van der Waals surface area (Å²) in [6, 6.07) is 16.3. The number of imidazole rings is 1. The summed E-state index contributed by atoms with van der Waals surface area (Å²) in [6.45, 7) is 0. The van der Waals surface area contributed by atoms with Crippen LogP contribution < -0.4 is 0 Å². The number of hydrogen-bond donors (Lipinski definition) is 1. The number of aromatic amines is 1. The van der Waals surface area contributed by atoms with Crippen LogP contribution in [-0.4, -0.2) is 19.3 Å². The molecule has 2 aromatic heterocycles. The molecular formula is C18H12N4O2S. The molecule has 4 rings (SSSR count). The second kappa shape index (κ2) is 5.95. The van der Waals surface area contributed by atoms with Crippen molar-refractivity contribution >= 4 is 23.6 Å². The Balaban J connectivity index is 1.95. The van der Waals surface area contributed by atoms with E-state index in [1.54, 1.807) is 16.7 Å². The number of non-ortho nitro benzene ring substituents is 1. The summed E-state index contributed by atoms with van der Waals surface area (Å²) < 4.78 is 2.20. The number of fused-ring (bicyclic) bond motifs is 1. The maximum atomic E-state index is 11.1. The first-order valence-electron chi connectivity index (χ1n) is 7.54. The van der Waals surface area contributed by atoms with Gasteiger partial charge in [0.2, 0.25) is 4.77 Å². The molecule has 0 spiro atoms. The molecule has 0 amide bonds. The van der Waals surface area contributed by atoms with E-state index in [1.807, 2.05) is 42.6 Å². The average Bonchev–Trinajstić information content (AvgIpc) is 3.09. The summed E-state index contributed by atoms with van der Waals surface area (Å²) in [4.78, 5) is 18.2. The topological polar surface area (TPSA) is 76.2 Å². The Labute approximate surface area is 147 Å². The van der Waals surface area contributed by atoms with Crippen LogP contribution in [0.4, 0.5) is 5.69 Å². The summed E-state index contributed by atoms with van der Waals surface area (Å²) in [6.07, 6.45) is 3.53. The molecule has 0 aliphatic carbocycles. The van der Waals surface area contributed by atoms with Crippen molar-refractivity contribution in [1.29, 1.82) is 0 Å². The van der Waals surface area contributed by atoms with Crippen LogP contribution in [0.1, 0.15) is 0 Å². The van der Waals surface area contributed by atoms with Gasteiger partial charge in [-0.3, -0.25) is 14.5 Å². The fourth-order valence-corrected chi connectivity index (χ4v) is 2.96. The van der Waals surface area contributed by atoms with Crippen LogP contribution in [0.15, 0.2) is 67.0 Å². The van der Waals surface area contributed by atoms with Crippen molar-refractivity contribution in [3.8, 4) is 22.4 Å². The molecule has 0 atom stereocenters. The second-order valence-corrected chi connectivity index (χ2v) is 5.88. The van der Waals surface area contributed by atoms with Crippen LogP contribution in [0.25, 0.3) is 28.0 Å². The number of H-pyrrole nitrogens is 1. The van der Waals surface area contributed by atoms with E-state index in [-0.39, 0.29) is 5.69 Å². The van der Waals surface area contributed by atoms with Crippen molar-refractivity contribution in [2.75, 3.05) is 0 Å². The fraction of sp³-hybridized carbons (Fsp3) is 0. The molecule has 0 aliphatic heterocycles. The van der Waals surface area contributed by atoms with Gasteiger partial charge in [-0.25, -0.2) is 4.98 Å². The monoisotopic (exact) mass is 348 g/mol. The molecule has 0 bridgehead atoms. The fourth-order valence-electron chi connectivity index (χ4n) is 2.77. The third-order valence-corrected chi connectivity index (χ3v) is 4.27. The van der Waals surface area contributed by atoms with Gasteiger partial charge in [0, 0.05) is 30.1 Å². The predicted molar refractivity (Wildman–Crippen MR) is 97.9 cm³/mol. The highest BCUT2D eigenvalue weighted by atomic mass is 32.1. The van der Waals surface area contributed by atoms with Crippen LogP contribution in [0.5, 0.6) is 0 Å². The van der Waals surface area contributed by atoms with E-state index in [4.69, 9.17) is 12.2 Å². The summed E-state index contributed by atoms with van der Waals surface area (Å²) in [7, 11) is 0. The minimum Gasteiger partial charge on any atom is -0.339 e. The Kier molecular flexibility index (Phi) is 3.62. The van der Waals surface area contributed by atoms with E-state index in [1.165, 1.54) is 12.1 Å². The van der Waals surface area contributed by atoms with Crippen molar-refractivity contribution in [3.63, 3.8) is 0 Å². The first-order valence-corrected chi connectivity index (χ1v) is 7.95. The number of nitro groups is 1. The van der Waals surface area contributed by atoms with Gasteiger partial charge in [-0.05, 0) is 23.3 Å². The lowest BCUT2D eigenvalue weighted by Crippen LogP contribution is -1.94. The van der Waals surface area contributed by atoms with Gasteiger partial charge in [0.25, 0.3) is 5.69 Å². The van der Waals surface area contributed by atoms with Gasteiger partial charge < -0.3 is 4.98 Å². The van der Waals surface area contributed by atoms with Gasteiger partial charge in [-0.2, -0.15) is 0 Å². The molecule has 0 saturated carbocycles. The molecule has 4 aromatic rings. The normalized spacial score (nSPS) is 10.9. The third-order valence-electron chi connectivity index (χ3n) is 3.97. The Morgan fingerprint density at radius 1 is 1.08 bits per heavy atom. The van der Waals surface area contributed by atoms with Crippen LogP contribution in [-0.2, 0) is 0 Å². The van der Waals surface area contributed by atoms with Crippen molar-refractivity contribution in [3.05, 3.63) is 81.9 Å². The summed E-state index contributed by atoms with van der Waals surface area (Å²) in [5.74, 6) is 0. The lowest BCUT2D eigenvalue weighted by atomic mass is 10.1. The third kappa shape index (κ3) is 2.70. The number of aromatic nitrogens is 3. The van der Waals surface area contributed by atoms with Gasteiger partial charge >= 0.3 is 0 Å². The molecule has 0 fully saturated rings. The number of nitrogens with one attached hydrogen (secondary N) is 1. The van der Waals surface area contributed by atoms with Crippen molar-refractivity contribution < 1.29 is 4.92 Å². The van der Waals surface area contributed by atoms with E-state index in [2.05, 4.69) is 9.97 Å². The van der Waals surface area contributed by atoms with Crippen molar-refractivity contribution in [2.45, 2.75) is 0 Å². The highest BCUT2D eigenvalue weighted by molar-refractivity contribution is 7.71. The Bertz CT molecular complexity index is 1150. The highest BCUT2D eigenvalue weighted by Crippen LogP contribution is 2.28. The van der Waals surface area contributed by atoms with Crippen LogP contribution in [0.2, 0.25) is 0 Å². The second-order valence-electron chi connectivity index (χ2n) is 5.51. The Morgan fingerprint density at radius 3 is 2.60 bits per heavy atom. The molecule has 2 heterocycles. The maximum Gasteiger partial charge on any atom is 0.270 e. The summed E-state index contributed by atoms with van der Waals surface area (Å²) in [5.41, 5.74) is 4.15. The quantitative estimate of drug-likeness (QED) is 0.332. The number of benzene rings is 2. The zero-order valence-corrected chi connectivity index (χ0v) is 13.7. The first-order chi connectivity index (χ1) is 12.1. The highest BCUT2D eigenvalue weighted by Gasteiger charge is 2.13. The van der Waals surface area contributed by atoms with E-state index >= 15 is 0 Å². The molecule has 0 unspecified atom stereocenters. The number of rotatable bonds is 3. The Hall–Kier alpha value is -3.32. The molecule has 6 nitrogen and oxygen atoms in total. The number of nitro benzene ring substituents is 1. The molecule has 25 heavy (non-hydrogen) atoms. The van der Waals surface area contributed by atoms with E-state index in [0.717, 1.165) is 22.5 Å². The average molecular weight is 348 g/mol. The van der Waals surface area contributed by atoms with Crippen LogP contribution in [0.3, 0.4) is 0 Å². The molecule has 0 saturated heterocycles. The number of hydrogen-bond acceptors (Lipinski definition) is 4. The smallest absolute Gasteiger partial charge is 0.270 e. The standard InChI is InChI=1S/C18H12N4O2S/c23-22(24)14-8-4-7-13(9-14)15-10-19-18(25)21-11-16(20-17(15)21)12-5-2-1-3-6-12/h1-11,20H. The van der Waals surface area contributed by atoms with Crippen molar-refractivity contribution in [1.82, 2.24) is 14.4 Å². The SMILES string of the molecule is O=[N+]([O-])c1cccc(-c2cnc(=S)n3cc(-c4ccccc4)[nH]c23)c1. The molecular weight excluding hydrogens is 336 g/mol. The largest absolute Gasteiger partial charge is 0.339 e. The van der Waals surface area contributed by atoms with Crippen LogP contribution in [0, 0.1) is 14.9 Å². The summed E-state index contributed by atoms with van der Waals surface area (Å²) in [5, 5.41) is 11.1. The zero-order chi connectivity index (χ0) is 17.4. The van der Waals surface area contributed by atoms with Gasteiger partial charge in [-0.15, -0.1) is 0 Å². The lowest BCUT2D eigenvalue weighted by molar-refractivity contribution is -0.384. The van der Waals surface area contributed by atoms with Gasteiger partial charge in [0.05, 0.1) is 10.6 Å². The summed E-state index contributed by atoms with van der Waals surface area (Å²) >= 11 is 5.32. The number of nitrogens with zero attached hydrogens (tertiary/aromatic N) is 3. The predicted octanol–water partition coefficient (Wildman–Crippen LogP) is 4.63. The minimum absolute atomic E-state index is 0.0351. The van der Waals surface area contributed by atoms with E-state index in [9.17, 15) is 10.1 Å². The van der Waals surface area contributed by atoms with E-state index < -0.39 is 4.92 Å².